The molecule has 0 spiro atoms. The van der Waals surface area contributed by atoms with Crippen LogP contribution >= 0.6 is 0 Å². The first-order chi connectivity index (χ1) is 25.0. The summed E-state index contributed by atoms with van der Waals surface area (Å²) < 4.78 is 0. The molecule has 0 atom stereocenters. The van der Waals surface area contributed by atoms with Gasteiger partial charge in [0.05, 0.1) is 0 Å². The van der Waals surface area contributed by atoms with Crippen LogP contribution in [0.3, 0.4) is 0 Å². The Bertz CT molecular complexity index is 2120. The molecule has 0 aliphatic heterocycles. The number of rotatable bonds is 2. The van der Waals surface area contributed by atoms with Crippen molar-refractivity contribution in [3.05, 3.63) is 146 Å². The molecule has 0 aliphatic rings. The average molecular weight is 799 g/mol. The summed E-state index contributed by atoms with van der Waals surface area (Å²) in [5.74, 6) is -0.474. The first kappa shape index (κ1) is 46.5. The number of benzene rings is 8. The third-order valence-corrected chi connectivity index (χ3v) is 8.06. The largest absolute Gasteiger partial charge is 4.00 e. The SMILES string of the molecule is CC(C)[O-].CC(C)[O-].[O-2].[O-]c1ccc2ccccc2c1-c1c([O-])ccc2ccccc12.[O-]c1ccc2ccccc2c1-c1c([O-])ccc2ccccc12.[Ti+4].[Ti+4]. The molecule has 55 heavy (non-hydrogen) atoms. The van der Waals surface area contributed by atoms with Crippen molar-refractivity contribution in [3.8, 4) is 45.3 Å². The normalized spacial score (nSPS) is 10.2. The van der Waals surface area contributed by atoms with E-state index in [2.05, 4.69) is 0 Å². The van der Waals surface area contributed by atoms with Gasteiger partial charge >= 0.3 is 43.4 Å². The van der Waals surface area contributed by atoms with E-state index in [0.29, 0.717) is 22.3 Å². The minimum Gasteiger partial charge on any atom is -2.00 e. The van der Waals surface area contributed by atoms with Crippen LogP contribution in [0.4, 0.5) is 0 Å². The summed E-state index contributed by atoms with van der Waals surface area (Å²) in [6, 6.07) is 44.0. The number of hydrogen-bond donors (Lipinski definition) is 0. The van der Waals surface area contributed by atoms with Gasteiger partial charge in [-0.05, 0) is 65.3 Å². The van der Waals surface area contributed by atoms with Gasteiger partial charge in [0, 0.05) is 0 Å². The molecule has 9 heteroatoms. The minimum absolute atomic E-state index is 0. The molecule has 272 valence electrons. The maximum Gasteiger partial charge on any atom is 4.00 e. The fourth-order valence-electron chi connectivity index (χ4n) is 6.04. The quantitative estimate of drug-likeness (QED) is 0.171. The van der Waals surface area contributed by atoms with E-state index in [-0.39, 0.29) is 71.9 Å². The number of hydrogen-bond acceptors (Lipinski definition) is 6. The Labute approximate surface area is 351 Å². The van der Waals surface area contributed by atoms with Gasteiger partial charge in [-0.25, -0.2) is 0 Å². The summed E-state index contributed by atoms with van der Waals surface area (Å²) >= 11 is 0. The molecule has 0 heterocycles. The van der Waals surface area contributed by atoms with Crippen LogP contribution in [0.2, 0.25) is 0 Å². The number of fused-ring (bicyclic) bond motifs is 4. The van der Waals surface area contributed by atoms with Gasteiger partial charge in [0.2, 0.25) is 0 Å². The van der Waals surface area contributed by atoms with Gasteiger partial charge in [0.25, 0.3) is 0 Å². The zero-order valence-electron chi connectivity index (χ0n) is 30.9. The van der Waals surface area contributed by atoms with Gasteiger partial charge in [0.1, 0.15) is 0 Å². The molecule has 8 aromatic carbocycles. The fraction of sp³-hybridized carbons (Fsp3) is 0.130. The summed E-state index contributed by atoms with van der Waals surface area (Å²) in [5.41, 5.74) is 2.00. The molecule has 0 aromatic heterocycles. The first-order valence-electron chi connectivity index (χ1n) is 17.0. The average Bonchev–Trinajstić information content (AvgIpc) is 3.12. The van der Waals surface area contributed by atoms with Gasteiger partial charge in [-0.1, -0.05) is 173 Å². The van der Waals surface area contributed by atoms with Crippen LogP contribution in [0.15, 0.2) is 146 Å². The third-order valence-electron chi connectivity index (χ3n) is 8.06. The van der Waals surface area contributed by atoms with E-state index in [0.717, 1.165) is 43.1 Å². The van der Waals surface area contributed by atoms with E-state index in [1.54, 1.807) is 76.2 Å². The van der Waals surface area contributed by atoms with Crippen molar-refractivity contribution in [3.63, 3.8) is 0 Å². The molecule has 0 fully saturated rings. The molecule has 0 bridgehead atoms. The monoisotopic (exact) mass is 798 g/mol. The Kier molecular flexibility index (Phi) is 18.1. The third kappa shape index (κ3) is 11.2. The van der Waals surface area contributed by atoms with Crippen LogP contribution in [-0.2, 0) is 48.9 Å². The second-order valence-corrected chi connectivity index (χ2v) is 12.7. The Morgan fingerprint density at radius 2 is 0.473 bits per heavy atom. The van der Waals surface area contributed by atoms with E-state index < -0.39 is 12.2 Å². The molecule has 8 aromatic rings. The van der Waals surface area contributed by atoms with Gasteiger partial charge in [-0.2, -0.15) is 0 Å². The fourth-order valence-corrected chi connectivity index (χ4v) is 6.04. The van der Waals surface area contributed by atoms with Gasteiger partial charge in [0.15, 0.2) is 0 Å². The van der Waals surface area contributed by atoms with Crippen molar-refractivity contribution in [1.82, 2.24) is 0 Å². The van der Waals surface area contributed by atoms with E-state index in [1.165, 1.54) is 0 Å². The zero-order valence-corrected chi connectivity index (χ0v) is 34.0. The van der Waals surface area contributed by atoms with Crippen molar-refractivity contribution in [2.45, 2.75) is 39.9 Å². The molecule has 0 saturated heterocycles. The molecule has 0 N–H and O–H groups in total. The minimum atomic E-state index is -0.417. The van der Waals surface area contributed by atoms with Crippen LogP contribution in [0.1, 0.15) is 27.7 Å². The summed E-state index contributed by atoms with van der Waals surface area (Å²) in [6.07, 6.45) is -0.833. The molecule has 0 radical (unpaired) electrons. The predicted octanol–water partition coefficient (Wildman–Crippen LogP) is 7.00. The van der Waals surface area contributed by atoms with Crippen LogP contribution in [0.25, 0.3) is 65.3 Å². The molecule has 0 amide bonds. The second-order valence-electron chi connectivity index (χ2n) is 12.7. The summed E-state index contributed by atoms with van der Waals surface area (Å²) in [5, 5.41) is 76.2. The summed E-state index contributed by atoms with van der Waals surface area (Å²) in [7, 11) is 0. The van der Waals surface area contributed by atoms with Crippen molar-refractivity contribution in [2.75, 3.05) is 0 Å². The van der Waals surface area contributed by atoms with Crippen molar-refractivity contribution in [2.24, 2.45) is 0 Å². The second kappa shape index (κ2) is 21.4. The van der Waals surface area contributed by atoms with Gasteiger partial charge < -0.3 is 36.1 Å². The van der Waals surface area contributed by atoms with Crippen molar-refractivity contribution >= 4 is 43.1 Å². The summed E-state index contributed by atoms with van der Waals surface area (Å²) in [4.78, 5) is 0. The van der Waals surface area contributed by atoms with Crippen LogP contribution in [0.5, 0.6) is 23.0 Å². The Hall–Kier alpha value is -4.69. The molecular formula is C46H38O7Ti2. The van der Waals surface area contributed by atoms with Crippen LogP contribution in [-0.4, -0.2) is 12.2 Å². The van der Waals surface area contributed by atoms with Crippen molar-refractivity contribution in [1.29, 1.82) is 0 Å². The molecule has 0 unspecified atom stereocenters. The van der Waals surface area contributed by atoms with Crippen molar-refractivity contribution < 1.29 is 79.6 Å². The summed E-state index contributed by atoms with van der Waals surface area (Å²) in [6.45, 7) is 6.44. The molecular weight excluding hydrogens is 760 g/mol. The molecule has 0 aliphatic carbocycles. The van der Waals surface area contributed by atoms with E-state index in [1.807, 2.05) is 97.1 Å². The van der Waals surface area contributed by atoms with Crippen LogP contribution in [0, 0.1) is 0 Å². The van der Waals surface area contributed by atoms with E-state index in [9.17, 15) is 30.6 Å². The molecule has 0 saturated carbocycles. The predicted molar refractivity (Wildman–Crippen MR) is 203 cm³/mol. The van der Waals surface area contributed by atoms with Gasteiger partial charge in [-0.3, -0.25) is 0 Å². The van der Waals surface area contributed by atoms with Gasteiger partial charge in [-0.15, -0.1) is 35.2 Å². The Morgan fingerprint density at radius 1 is 0.309 bits per heavy atom. The molecule has 8 rings (SSSR count). The topological polar surface area (TPSA) is 167 Å². The van der Waals surface area contributed by atoms with E-state index in [4.69, 9.17) is 0 Å². The Morgan fingerprint density at radius 3 is 0.655 bits per heavy atom. The molecule has 7 nitrogen and oxygen atoms in total. The maximum atomic E-state index is 12.5. The first-order valence-corrected chi connectivity index (χ1v) is 17.0. The smallest absolute Gasteiger partial charge is 2.00 e. The Balaban J connectivity index is 0.000000305. The maximum absolute atomic E-state index is 12.5. The standard InChI is InChI=1S/2C20H14O2.2C3H7O.O.2Ti/c2*21-17-11-9-13-5-1-3-7-15(13)19(17)20-16-8-4-2-6-14(16)10-12-18(20)22;2*1-3(2)4;;;/h2*1-12,21-22H;2*3H,1-2H3;;;/q;;2*-1;-2;2*+4/p-4. The van der Waals surface area contributed by atoms with E-state index >= 15 is 0 Å². The zero-order chi connectivity index (χ0) is 37.4. The van der Waals surface area contributed by atoms with Crippen LogP contribution < -0.4 is 30.6 Å².